The summed E-state index contributed by atoms with van der Waals surface area (Å²) in [5, 5.41) is 0. The summed E-state index contributed by atoms with van der Waals surface area (Å²) >= 11 is 0. The molecule has 3 rings (SSSR count). The van der Waals surface area contributed by atoms with Crippen molar-refractivity contribution in [3.63, 3.8) is 0 Å². The van der Waals surface area contributed by atoms with Gasteiger partial charge >= 0.3 is 0 Å². The van der Waals surface area contributed by atoms with Gasteiger partial charge in [-0.2, -0.15) is 0 Å². The van der Waals surface area contributed by atoms with Gasteiger partial charge < -0.3 is 10.3 Å². The number of hydrogen-bond donors (Lipinski definition) is 1. The molecule has 1 aromatic carbocycles. The summed E-state index contributed by atoms with van der Waals surface area (Å²) in [7, 11) is 2.06. The smallest absolute Gasteiger partial charge is 0.108 e. The molecule has 0 saturated heterocycles. The fourth-order valence-electron chi connectivity index (χ4n) is 3.21. The van der Waals surface area contributed by atoms with Gasteiger partial charge in [-0.15, -0.1) is 0 Å². The minimum Gasteiger partial charge on any atom is -0.338 e. The van der Waals surface area contributed by atoms with E-state index in [9.17, 15) is 0 Å². The van der Waals surface area contributed by atoms with E-state index in [4.69, 9.17) is 5.73 Å². The van der Waals surface area contributed by atoms with Crippen molar-refractivity contribution in [1.82, 2.24) is 9.55 Å². The molecular formula is C16H21N3. The van der Waals surface area contributed by atoms with Gasteiger partial charge in [0.2, 0.25) is 0 Å². The third kappa shape index (κ3) is 2.30. The van der Waals surface area contributed by atoms with Gasteiger partial charge in [-0.25, -0.2) is 4.98 Å². The van der Waals surface area contributed by atoms with Crippen LogP contribution in [0.1, 0.15) is 23.4 Å². The van der Waals surface area contributed by atoms with E-state index in [0.717, 1.165) is 38.1 Å². The van der Waals surface area contributed by atoms with Gasteiger partial charge in [0.15, 0.2) is 0 Å². The van der Waals surface area contributed by atoms with Crippen LogP contribution in [0.3, 0.4) is 0 Å². The Balaban J connectivity index is 1.74. The number of imidazole rings is 1. The molecule has 0 radical (unpaired) electrons. The first-order valence-electron chi connectivity index (χ1n) is 6.95. The van der Waals surface area contributed by atoms with Crippen molar-refractivity contribution in [3.8, 4) is 0 Å². The van der Waals surface area contributed by atoms with Gasteiger partial charge in [0.1, 0.15) is 5.82 Å². The van der Waals surface area contributed by atoms with Crippen molar-refractivity contribution in [2.75, 3.05) is 6.54 Å². The fraction of sp³-hybridized carbons (Fsp3) is 0.438. The highest BCUT2D eigenvalue weighted by molar-refractivity contribution is 5.34. The van der Waals surface area contributed by atoms with Crippen molar-refractivity contribution in [1.29, 1.82) is 0 Å². The van der Waals surface area contributed by atoms with Crippen LogP contribution in [-0.4, -0.2) is 16.1 Å². The Morgan fingerprint density at radius 3 is 2.47 bits per heavy atom. The van der Waals surface area contributed by atoms with Gasteiger partial charge in [0.25, 0.3) is 0 Å². The summed E-state index contributed by atoms with van der Waals surface area (Å²) in [6.07, 6.45) is 8.23. The van der Waals surface area contributed by atoms with Crippen LogP contribution in [0.15, 0.2) is 36.7 Å². The number of nitrogens with two attached hydrogens (primary N) is 1. The molecule has 2 N–H and O–H groups in total. The highest BCUT2D eigenvalue weighted by Crippen LogP contribution is 2.39. The van der Waals surface area contributed by atoms with E-state index in [1.54, 1.807) is 0 Å². The molecule has 1 aliphatic carbocycles. The van der Waals surface area contributed by atoms with Crippen LogP contribution in [0.5, 0.6) is 0 Å². The molecule has 1 aliphatic rings. The summed E-state index contributed by atoms with van der Waals surface area (Å²) in [5.41, 5.74) is 9.29. The predicted octanol–water partition coefficient (Wildman–Crippen LogP) is 2.10. The zero-order chi connectivity index (χ0) is 13.3. The second-order valence-electron chi connectivity index (χ2n) is 5.78. The van der Waals surface area contributed by atoms with Crippen molar-refractivity contribution in [2.24, 2.45) is 18.2 Å². The molecule has 1 heterocycles. The van der Waals surface area contributed by atoms with E-state index >= 15 is 0 Å². The SMILES string of the molecule is Cn1ccnc1CCC1(CN)Cc2ccccc2C1. The quantitative estimate of drug-likeness (QED) is 0.909. The highest BCUT2D eigenvalue weighted by Gasteiger charge is 2.35. The Morgan fingerprint density at radius 1 is 1.26 bits per heavy atom. The van der Waals surface area contributed by atoms with Crippen LogP contribution in [0.4, 0.5) is 0 Å². The molecule has 0 saturated carbocycles. The Hall–Kier alpha value is -1.61. The van der Waals surface area contributed by atoms with Crippen molar-refractivity contribution >= 4 is 0 Å². The molecule has 0 amide bonds. The van der Waals surface area contributed by atoms with Crippen LogP contribution < -0.4 is 5.73 Å². The summed E-state index contributed by atoms with van der Waals surface area (Å²) in [5.74, 6) is 1.16. The summed E-state index contributed by atoms with van der Waals surface area (Å²) in [4.78, 5) is 4.41. The van der Waals surface area contributed by atoms with Crippen LogP contribution >= 0.6 is 0 Å². The minimum atomic E-state index is 0.232. The molecule has 0 aliphatic heterocycles. The lowest BCUT2D eigenvalue weighted by Crippen LogP contribution is -2.32. The molecule has 1 aromatic heterocycles. The zero-order valence-corrected chi connectivity index (χ0v) is 11.5. The van der Waals surface area contributed by atoms with Crippen molar-refractivity contribution < 1.29 is 0 Å². The van der Waals surface area contributed by atoms with E-state index in [2.05, 4.69) is 40.9 Å². The standard InChI is InChI=1S/C16H21N3/c1-19-9-8-18-15(19)6-7-16(12-17)10-13-4-2-3-5-14(13)11-16/h2-5,8-9H,6-7,10-12,17H2,1H3. The minimum absolute atomic E-state index is 0.232. The third-order valence-corrected chi connectivity index (χ3v) is 4.48. The Morgan fingerprint density at radius 2 is 1.95 bits per heavy atom. The number of benzene rings is 1. The molecule has 100 valence electrons. The van der Waals surface area contributed by atoms with Gasteiger partial charge in [0, 0.05) is 25.9 Å². The van der Waals surface area contributed by atoms with Gasteiger partial charge in [-0.1, -0.05) is 24.3 Å². The fourth-order valence-corrected chi connectivity index (χ4v) is 3.21. The summed E-state index contributed by atoms with van der Waals surface area (Å²) in [6, 6.07) is 8.75. The number of aromatic nitrogens is 2. The number of aryl methyl sites for hydroxylation is 2. The number of fused-ring (bicyclic) bond motifs is 1. The Kier molecular flexibility index (Phi) is 3.15. The van der Waals surface area contributed by atoms with Crippen LogP contribution in [0, 0.1) is 5.41 Å². The van der Waals surface area contributed by atoms with Crippen LogP contribution in [0.25, 0.3) is 0 Å². The zero-order valence-electron chi connectivity index (χ0n) is 11.5. The number of rotatable bonds is 4. The normalized spacial score (nSPS) is 16.5. The maximum absolute atomic E-state index is 6.10. The van der Waals surface area contributed by atoms with E-state index in [-0.39, 0.29) is 5.41 Å². The largest absolute Gasteiger partial charge is 0.338 e. The number of hydrogen-bond acceptors (Lipinski definition) is 2. The average Bonchev–Trinajstić information content (AvgIpc) is 3.00. The molecule has 0 fully saturated rings. The van der Waals surface area contributed by atoms with Gasteiger partial charge in [0.05, 0.1) is 0 Å². The van der Waals surface area contributed by atoms with Crippen LogP contribution in [0.2, 0.25) is 0 Å². The van der Waals surface area contributed by atoms with E-state index < -0.39 is 0 Å². The summed E-state index contributed by atoms with van der Waals surface area (Å²) in [6.45, 7) is 0.756. The lowest BCUT2D eigenvalue weighted by molar-refractivity contribution is 0.288. The molecular weight excluding hydrogens is 234 g/mol. The van der Waals surface area contributed by atoms with Crippen molar-refractivity contribution in [3.05, 3.63) is 53.6 Å². The topological polar surface area (TPSA) is 43.8 Å². The highest BCUT2D eigenvalue weighted by atomic mass is 15.0. The first-order chi connectivity index (χ1) is 9.22. The molecule has 0 unspecified atom stereocenters. The van der Waals surface area contributed by atoms with Gasteiger partial charge in [-0.3, -0.25) is 0 Å². The molecule has 19 heavy (non-hydrogen) atoms. The molecule has 0 bridgehead atoms. The molecule has 3 heteroatoms. The van der Waals surface area contributed by atoms with E-state index in [1.807, 2.05) is 12.4 Å². The second-order valence-corrected chi connectivity index (χ2v) is 5.78. The van der Waals surface area contributed by atoms with E-state index in [1.165, 1.54) is 11.1 Å². The van der Waals surface area contributed by atoms with Crippen LogP contribution in [-0.2, 0) is 26.3 Å². The lowest BCUT2D eigenvalue weighted by atomic mass is 9.80. The molecule has 2 aromatic rings. The Labute approximate surface area is 114 Å². The predicted molar refractivity (Wildman–Crippen MR) is 76.9 cm³/mol. The van der Waals surface area contributed by atoms with Crippen molar-refractivity contribution in [2.45, 2.75) is 25.7 Å². The maximum atomic E-state index is 6.10. The van der Waals surface area contributed by atoms with Gasteiger partial charge in [-0.05, 0) is 42.3 Å². The van der Waals surface area contributed by atoms with E-state index in [0.29, 0.717) is 0 Å². The molecule has 3 nitrogen and oxygen atoms in total. The summed E-state index contributed by atoms with van der Waals surface area (Å²) < 4.78 is 2.10. The monoisotopic (exact) mass is 255 g/mol. The maximum Gasteiger partial charge on any atom is 0.108 e. The Bertz CT molecular complexity index is 546. The molecule has 0 atom stereocenters. The number of nitrogens with zero attached hydrogens (tertiary/aromatic N) is 2. The average molecular weight is 255 g/mol. The lowest BCUT2D eigenvalue weighted by Gasteiger charge is -2.27. The first kappa shape index (κ1) is 12.4. The third-order valence-electron chi connectivity index (χ3n) is 4.48. The molecule has 0 spiro atoms. The first-order valence-corrected chi connectivity index (χ1v) is 6.95. The second kappa shape index (κ2) is 4.82.